The lowest BCUT2D eigenvalue weighted by Gasteiger charge is -2.30. The van der Waals surface area contributed by atoms with E-state index in [0.717, 1.165) is 10.9 Å². The normalized spacial score (nSPS) is 14.2. The molecule has 35 heavy (non-hydrogen) atoms. The lowest BCUT2D eigenvalue weighted by Crippen LogP contribution is -2.31. The zero-order valence-electron chi connectivity index (χ0n) is 18.6. The maximum Gasteiger partial charge on any atom is 0.254 e. The number of rotatable bonds is 4. The topological polar surface area (TPSA) is 69.3 Å². The molecule has 2 aromatic heterocycles. The third-order valence-corrected chi connectivity index (χ3v) is 7.01. The molecule has 1 aliphatic heterocycles. The lowest BCUT2D eigenvalue weighted by molar-refractivity contribution is 0.117. The van der Waals surface area contributed by atoms with Gasteiger partial charge in [0.2, 0.25) is 0 Å². The van der Waals surface area contributed by atoms with Crippen LogP contribution < -0.4 is 10.3 Å². The van der Waals surface area contributed by atoms with Crippen molar-refractivity contribution in [3.05, 3.63) is 116 Å². The second kappa shape index (κ2) is 7.99. The van der Waals surface area contributed by atoms with E-state index in [0.29, 0.717) is 43.7 Å². The van der Waals surface area contributed by atoms with Gasteiger partial charge in [-0.05, 0) is 58.7 Å². The molecule has 6 rings (SSSR count). The zero-order chi connectivity index (χ0) is 24.3. The molecule has 5 aromatic rings. The Morgan fingerprint density at radius 2 is 1.80 bits per heavy atom. The van der Waals surface area contributed by atoms with Crippen molar-refractivity contribution < 1.29 is 9.84 Å². The van der Waals surface area contributed by atoms with Gasteiger partial charge in [0.05, 0.1) is 23.7 Å². The van der Waals surface area contributed by atoms with Gasteiger partial charge >= 0.3 is 0 Å². The van der Waals surface area contributed by atoms with E-state index in [1.54, 1.807) is 64.1 Å². The maximum absolute atomic E-state index is 12.9. The third-order valence-electron chi connectivity index (χ3n) is 6.52. The van der Waals surface area contributed by atoms with Crippen LogP contribution in [0.25, 0.3) is 22.0 Å². The van der Waals surface area contributed by atoms with Crippen molar-refractivity contribution in [1.82, 2.24) is 14.1 Å². The van der Waals surface area contributed by atoms with Gasteiger partial charge in [-0.15, -0.1) is 0 Å². The van der Waals surface area contributed by atoms with Crippen molar-refractivity contribution in [3.8, 4) is 16.9 Å². The molecule has 6 nitrogen and oxygen atoms in total. The Morgan fingerprint density at radius 1 is 1.00 bits per heavy atom. The summed E-state index contributed by atoms with van der Waals surface area (Å²) in [5, 5.41) is 14.3. The minimum absolute atomic E-state index is 0.106. The monoisotopic (exact) mass is 503 g/mol. The number of imidazole rings is 1. The van der Waals surface area contributed by atoms with Crippen LogP contribution >= 0.6 is 23.2 Å². The molecule has 174 valence electrons. The summed E-state index contributed by atoms with van der Waals surface area (Å²) < 4.78 is 9.30. The minimum atomic E-state index is -1.57. The molecule has 1 aliphatic rings. The Morgan fingerprint density at radius 3 is 2.51 bits per heavy atom. The first kappa shape index (κ1) is 21.9. The predicted octanol–water partition coefficient (Wildman–Crippen LogP) is 5.34. The molecule has 0 radical (unpaired) electrons. The Labute approximate surface area is 210 Å². The SMILES string of the molecule is Cn1cncc1C(O)(c1ccc(Cl)cc1)c1cc2c3c(c1)c(-c1cccc(Cl)c1)cc(=O)n3CO2. The Kier molecular flexibility index (Phi) is 5.00. The number of benzene rings is 3. The average molecular weight is 504 g/mol. The van der Waals surface area contributed by atoms with E-state index in [1.807, 2.05) is 31.3 Å². The molecule has 0 fully saturated rings. The standard InChI is InChI=1S/C27H19Cl2N3O3/c1-31-14-30-13-24(31)27(34,17-5-7-19(28)8-6-17)18-10-22-21(16-3-2-4-20(29)9-16)12-25(33)32-15-35-23(11-18)26(22)32/h2-14,34H,15H2,1H3. The third kappa shape index (κ3) is 3.37. The van der Waals surface area contributed by atoms with Crippen LogP contribution in [0.4, 0.5) is 0 Å². The van der Waals surface area contributed by atoms with E-state index < -0.39 is 5.60 Å². The number of hydrogen-bond acceptors (Lipinski definition) is 4. The summed E-state index contributed by atoms with van der Waals surface area (Å²) in [5.41, 5.74) is 2.21. The summed E-state index contributed by atoms with van der Waals surface area (Å²) in [4.78, 5) is 17.2. The van der Waals surface area contributed by atoms with Crippen molar-refractivity contribution in [2.75, 3.05) is 0 Å². The van der Waals surface area contributed by atoms with E-state index in [9.17, 15) is 9.90 Å². The van der Waals surface area contributed by atoms with Crippen LogP contribution in [-0.2, 0) is 19.4 Å². The van der Waals surface area contributed by atoms with Gasteiger partial charge in [-0.3, -0.25) is 9.36 Å². The maximum atomic E-state index is 12.9. The van der Waals surface area contributed by atoms with Crippen LogP contribution in [0.15, 0.2) is 84.0 Å². The molecule has 3 aromatic carbocycles. The van der Waals surface area contributed by atoms with Crippen molar-refractivity contribution in [1.29, 1.82) is 0 Å². The Balaban J connectivity index is 1.70. The molecule has 8 heteroatoms. The van der Waals surface area contributed by atoms with E-state index >= 15 is 0 Å². The van der Waals surface area contributed by atoms with E-state index in [1.165, 1.54) is 0 Å². The fraction of sp³-hybridized carbons (Fsp3) is 0.111. The van der Waals surface area contributed by atoms with Crippen molar-refractivity contribution in [2.45, 2.75) is 12.3 Å². The van der Waals surface area contributed by atoms with Crippen LogP contribution in [0, 0.1) is 0 Å². The van der Waals surface area contributed by atoms with Gasteiger partial charge in [0, 0.05) is 28.5 Å². The van der Waals surface area contributed by atoms with Crippen LogP contribution in [-0.4, -0.2) is 19.2 Å². The number of aliphatic hydroxyl groups is 1. The molecule has 0 saturated heterocycles. The first-order chi connectivity index (χ1) is 16.9. The lowest BCUT2D eigenvalue weighted by atomic mass is 9.82. The number of nitrogens with zero attached hydrogens (tertiary/aromatic N) is 3. The van der Waals surface area contributed by atoms with E-state index in [2.05, 4.69) is 4.98 Å². The van der Waals surface area contributed by atoms with Gasteiger partial charge in [0.15, 0.2) is 12.3 Å². The highest BCUT2D eigenvalue weighted by Crippen LogP contribution is 2.43. The molecule has 0 amide bonds. The highest BCUT2D eigenvalue weighted by Gasteiger charge is 2.38. The predicted molar refractivity (Wildman–Crippen MR) is 136 cm³/mol. The van der Waals surface area contributed by atoms with Crippen LogP contribution in [0.1, 0.15) is 16.8 Å². The molecule has 0 saturated carbocycles. The molecule has 1 atom stereocenters. The first-order valence-corrected chi connectivity index (χ1v) is 11.7. The Hall–Kier alpha value is -3.58. The first-order valence-electron chi connectivity index (χ1n) is 10.9. The average Bonchev–Trinajstić information content (AvgIpc) is 3.48. The highest BCUT2D eigenvalue weighted by atomic mass is 35.5. The largest absolute Gasteiger partial charge is 0.470 e. The van der Waals surface area contributed by atoms with Gasteiger partial charge in [0.1, 0.15) is 5.75 Å². The molecule has 3 heterocycles. The van der Waals surface area contributed by atoms with Crippen molar-refractivity contribution >= 4 is 34.1 Å². The molecular weight excluding hydrogens is 485 g/mol. The van der Waals surface area contributed by atoms with Crippen LogP contribution in [0.2, 0.25) is 10.0 Å². The van der Waals surface area contributed by atoms with Crippen LogP contribution in [0.5, 0.6) is 5.75 Å². The number of ether oxygens (including phenoxy) is 1. The van der Waals surface area contributed by atoms with Crippen molar-refractivity contribution in [3.63, 3.8) is 0 Å². The smallest absolute Gasteiger partial charge is 0.254 e. The van der Waals surface area contributed by atoms with Gasteiger partial charge in [-0.2, -0.15) is 0 Å². The van der Waals surface area contributed by atoms with Gasteiger partial charge in [-0.25, -0.2) is 4.98 Å². The number of aryl methyl sites for hydroxylation is 1. The molecular formula is C27H19Cl2N3O3. The zero-order valence-corrected chi connectivity index (χ0v) is 20.1. The fourth-order valence-electron chi connectivity index (χ4n) is 4.82. The number of aromatic nitrogens is 3. The number of halogens is 2. The molecule has 0 aliphatic carbocycles. The summed E-state index contributed by atoms with van der Waals surface area (Å²) in [6.45, 7) is 0.106. The summed E-state index contributed by atoms with van der Waals surface area (Å²) in [6, 6.07) is 19.7. The molecule has 0 spiro atoms. The van der Waals surface area contributed by atoms with Gasteiger partial charge in [-0.1, -0.05) is 47.5 Å². The van der Waals surface area contributed by atoms with E-state index in [4.69, 9.17) is 27.9 Å². The summed E-state index contributed by atoms with van der Waals surface area (Å²) >= 11 is 12.4. The summed E-state index contributed by atoms with van der Waals surface area (Å²) in [7, 11) is 1.83. The second-order valence-corrected chi connectivity index (χ2v) is 9.46. The van der Waals surface area contributed by atoms with Crippen molar-refractivity contribution in [2.24, 2.45) is 7.05 Å². The second-order valence-electron chi connectivity index (χ2n) is 8.59. The molecule has 1 unspecified atom stereocenters. The summed E-state index contributed by atoms with van der Waals surface area (Å²) in [5.74, 6) is 0.521. The number of pyridine rings is 1. The van der Waals surface area contributed by atoms with E-state index in [-0.39, 0.29) is 12.3 Å². The van der Waals surface area contributed by atoms with Crippen LogP contribution in [0.3, 0.4) is 0 Å². The molecule has 1 N–H and O–H groups in total. The molecule has 0 bridgehead atoms. The highest BCUT2D eigenvalue weighted by molar-refractivity contribution is 6.31. The quantitative estimate of drug-likeness (QED) is 0.359. The summed E-state index contributed by atoms with van der Waals surface area (Å²) in [6.07, 6.45) is 3.28. The Bertz CT molecular complexity index is 1670. The fourth-order valence-corrected chi connectivity index (χ4v) is 5.13. The van der Waals surface area contributed by atoms with Gasteiger partial charge in [0.25, 0.3) is 5.56 Å². The van der Waals surface area contributed by atoms with Gasteiger partial charge < -0.3 is 14.4 Å². The number of hydrogen-bond donors (Lipinski definition) is 1. The minimum Gasteiger partial charge on any atom is -0.470 e.